The monoisotopic (exact) mass is 361 g/mol. The van der Waals surface area contributed by atoms with Crippen molar-refractivity contribution in [1.29, 1.82) is 5.26 Å². The van der Waals surface area contributed by atoms with Crippen molar-refractivity contribution in [2.24, 2.45) is 0 Å². The lowest BCUT2D eigenvalue weighted by Gasteiger charge is -2.33. The van der Waals surface area contributed by atoms with Crippen molar-refractivity contribution >= 4 is 39.8 Å². The highest BCUT2D eigenvalue weighted by Gasteiger charge is 2.22. The fourth-order valence-electron chi connectivity index (χ4n) is 1.81. The Hall–Kier alpha value is -0.650. The fourth-order valence-corrected chi connectivity index (χ4v) is 3.13. The Morgan fingerprint density at radius 2 is 2.18 bits per heavy atom. The largest absolute Gasteiger partial charge is 0.336 e. The zero-order valence-corrected chi connectivity index (χ0v) is 12.2. The van der Waals surface area contributed by atoms with Crippen molar-refractivity contribution in [3.8, 4) is 6.07 Å². The summed E-state index contributed by atoms with van der Waals surface area (Å²) in [6.45, 7) is 3.47. The first-order valence-electron chi connectivity index (χ1n) is 5.33. The number of rotatable bonds is 2. The maximum absolute atomic E-state index is 12.1. The van der Waals surface area contributed by atoms with Crippen molar-refractivity contribution in [3.05, 3.63) is 19.9 Å². The van der Waals surface area contributed by atoms with E-state index in [1.54, 1.807) is 11.3 Å². The number of nitrogens with zero attached hydrogens (tertiary/aromatic N) is 3. The van der Waals surface area contributed by atoms with Crippen molar-refractivity contribution in [2.45, 2.75) is 0 Å². The molecule has 0 aliphatic carbocycles. The molecule has 1 fully saturated rings. The summed E-state index contributed by atoms with van der Waals surface area (Å²) >= 11 is 3.81. The van der Waals surface area contributed by atoms with Gasteiger partial charge in [-0.3, -0.25) is 9.69 Å². The number of amides is 1. The predicted molar refractivity (Wildman–Crippen MR) is 75.0 cm³/mol. The van der Waals surface area contributed by atoms with Gasteiger partial charge in [0.1, 0.15) is 0 Å². The first kappa shape index (κ1) is 12.8. The van der Waals surface area contributed by atoms with E-state index in [-0.39, 0.29) is 5.91 Å². The summed E-state index contributed by atoms with van der Waals surface area (Å²) in [4.78, 5) is 16.1. The molecular weight excluding hydrogens is 349 g/mol. The van der Waals surface area contributed by atoms with Gasteiger partial charge in [-0.15, -0.1) is 11.3 Å². The summed E-state index contributed by atoms with van der Waals surface area (Å²) in [5, 5.41) is 10.5. The summed E-state index contributed by atoms with van der Waals surface area (Å²) < 4.78 is 1.13. The highest BCUT2D eigenvalue weighted by atomic mass is 127. The van der Waals surface area contributed by atoms with E-state index in [2.05, 4.69) is 33.6 Å². The van der Waals surface area contributed by atoms with Crippen LogP contribution >= 0.6 is 33.9 Å². The molecule has 0 spiro atoms. The second-order valence-corrected chi connectivity index (χ2v) is 6.67. The number of nitriles is 1. The Kier molecular flexibility index (Phi) is 4.36. The van der Waals surface area contributed by atoms with Crippen LogP contribution in [0.15, 0.2) is 11.4 Å². The summed E-state index contributed by atoms with van der Waals surface area (Å²) in [5.41, 5.74) is 0.785. The molecule has 4 nitrogen and oxygen atoms in total. The summed E-state index contributed by atoms with van der Waals surface area (Å²) in [6.07, 6.45) is 0. The normalized spacial score (nSPS) is 16.8. The predicted octanol–water partition coefficient (Wildman–Crippen LogP) is 1.63. The quantitative estimate of drug-likeness (QED) is 0.594. The van der Waals surface area contributed by atoms with Gasteiger partial charge in [-0.1, -0.05) is 0 Å². The average molecular weight is 361 g/mol. The van der Waals surface area contributed by atoms with E-state index in [1.165, 1.54) is 0 Å². The van der Waals surface area contributed by atoms with Crippen LogP contribution in [0.4, 0.5) is 0 Å². The molecule has 2 heterocycles. The van der Waals surface area contributed by atoms with Crippen LogP contribution in [-0.2, 0) is 0 Å². The molecule has 1 aromatic rings. The lowest BCUT2D eigenvalue weighted by molar-refractivity contribution is 0.0652. The lowest BCUT2D eigenvalue weighted by atomic mass is 10.2. The van der Waals surface area contributed by atoms with E-state index in [9.17, 15) is 4.79 Å². The highest BCUT2D eigenvalue weighted by Crippen LogP contribution is 2.18. The lowest BCUT2D eigenvalue weighted by Crippen LogP contribution is -2.48. The number of carbonyl (C=O) groups is 1. The molecule has 1 amide bonds. The minimum atomic E-state index is 0.112. The van der Waals surface area contributed by atoms with Crippen LogP contribution in [0.5, 0.6) is 0 Å². The molecule has 90 valence electrons. The van der Waals surface area contributed by atoms with Gasteiger partial charge in [0.25, 0.3) is 5.91 Å². The number of thiophene rings is 1. The van der Waals surface area contributed by atoms with Crippen molar-refractivity contribution in [3.63, 3.8) is 0 Å². The molecule has 0 unspecified atom stereocenters. The molecule has 1 aliphatic heterocycles. The number of hydrogen-bond acceptors (Lipinski definition) is 4. The third-order valence-electron chi connectivity index (χ3n) is 2.77. The van der Waals surface area contributed by atoms with Gasteiger partial charge in [-0.2, -0.15) is 5.26 Å². The summed E-state index contributed by atoms with van der Waals surface area (Å²) in [5.74, 6) is 0.112. The SMILES string of the molecule is N#CCN1CCN(C(=O)c2csc(I)c2)CC1. The van der Waals surface area contributed by atoms with Crippen molar-refractivity contribution < 1.29 is 4.79 Å². The van der Waals surface area contributed by atoms with Gasteiger partial charge in [0.2, 0.25) is 0 Å². The van der Waals surface area contributed by atoms with Gasteiger partial charge in [-0.25, -0.2) is 0 Å². The van der Waals surface area contributed by atoms with Gasteiger partial charge >= 0.3 is 0 Å². The van der Waals surface area contributed by atoms with Crippen LogP contribution in [-0.4, -0.2) is 48.4 Å². The molecule has 6 heteroatoms. The van der Waals surface area contributed by atoms with Crippen molar-refractivity contribution in [2.75, 3.05) is 32.7 Å². The molecule has 0 bridgehead atoms. The first-order chi connectivity index (χ1) is 8.20. The number of halogens is 1. The molecule has 0 atom stereocenters. The van der Waals surface area contributed by atoms with E-state index >= 15 is 0 Å². The Labute approximate surface area is 118 Å². The Morgan fingerprint density at radius 1 is 1.47 bits per heavy atom. The summed E-state index contributed by atoms with van der Waals surface area (Å²) in [7, 11) is 0. The molecule has 1 saturated heterocycles. The Morgan fingerprint density at radius 3 is 2.71 bits per heavy atom. The number of hydrogen-bond donors (Lipinski definition) is 0. The van der Waals surface area contributed by atoms with Crippen molar-refractivity contribution in [1.82, 2.24) is 9.80 Å². The van der Waals surface area contributed by atoms with Gasteiger partial charge in [0.15, 0.2) is 0 Å². The van der Waals surface area contributed by atoms with Gasteiger partial charge in [0, 0.05) is 31.6 Å². The van der Waals surface area contributed by atoms with E-state index < -0.39 is 0 Å². The maximum atomic E-state index is 12.1. The van der Waals surface area contributed by atoms with Crippen LogP contribution in [0.1, 0.15) is 10.4 Å². The molecule has 0 radical (unpaired) electrons. The second kappa shape index (κ2) is 5.80. The van der Waals surface area contributed by atoms with Gasteiger partial charge in [-0.05, 0) is 28.7 Å². The van der Waals surface area contributed by atoms with Crippen LogP contribution < -0.4 is 0 Å². The zero-order chi connectivity index (χ0) is 12.3. The van der Waals surface area contributed by atoms with Crippen LogP contribution in [0.2, 0.25) is 0 Å². The molecule has 17 heavy (non-hydrogen) atoms. The average Bonchev–Trinajstić information content (AvgIpc) is 2.76. The minimum absolute atomic E-state index is 0.112. The van der Waals surface area contributed by atoms with E-state index in [4.69, 9.17) is 5.26 Å². The second-order valence-electron chi connectivity index (χ2n) is 3.87. The van der Waals surface area contributed by atoms with E-state index in [0.717, 1.165) is 21.5 Å². The topological polar surface area (TPSA) is 47.3 Å². The minimum Gasteiger partial charge on any atom is -0.336 e. The maximum Gasteiger partial charge on any atom is 0.254 e. The highest BCUT2D eigenvalue weighted by molar-refractivity contribution is 14.1. The van der Waals surface area contributed by atoms with E-state index in [0.29, 0.717) is 19.6 Å². The smallest absolute Gasteiger partial charge is 0.254 e. The third kappa shape index (κ3) is 3.18. The number of piperazine rings is 1. The Balaban J connectivity index is 1.93. The summed E-state index contributed by atoms with van der Waals surface area (Å²) in [6, 6.07) is 4.07. The molecule has 0 aromatic carbocycles. The van der Waals surface area contributed by atoms with E-state index in [1.807, 2.05) is 16.3 Å². The third-order valence-corrected chi connectivity index (χ3v) is 4.56. The van der Waals surface area contributed by atoms with Gasteiger partial charge in [0.05, 0.1) is 21.1 Å². The Bertz CT molecular complexity index is 446. The number of carbonyl (C=O) groups excluding carboxylic acids is 1. The molecule has 2 rings (SSSR count). The molecule has 1 aliphatic rings. The molecule has 1 aromatic heterocycles. The van der Waals surface area contributed by atoms with Gasteiger partial charge < -0.3 is 4.90 Å². The first-order valence-corrected chi connectivity index (χ1v) is 7.29. The van der Waals surface area contributed by atoms with Crippen LogP contribution in [0, 0.1) is 14.2 Å². The standard InChI is InChI=1S/C11H12IN3OS/c12-10-7-9(8-17-10)11(16)15-5-3-14(2-1-13)4-6-15/h7-8H,2-6H2. The molecule has 0 N–H and O–H groups in total. The van der Waals surface area contributed by atoms with Crippen LogP contribution in [0.3, 0.4) is 0 Å². The zero-order valence-electron chi connectivity index (χ0n) is 9.23. The van der Waals surface area contributed by atoms with Crippen LogP contribution in [0.25, 0.3) is 0 Å². The fraction of sp³-hybridized carbons (Fsp3) is 0.455. The molecular formula is C11H12IN3OS. The molecule has 0 saturated carbocycles.